The van der Waals surface area contributed by atoms with Gasteiger partial charge in [-0.1, -0.05) is 13.8 Å². The molecule has 0 radical (unpaired) electrons. The number of carboxylic acid groups (broad SMARTS) is 2. The number of carboxylic acids is 2. The molecule has 0 amide bonds. The van der Waals surface area contributed by atoms with E-state index in [1.54, 1.807) is 0 Å². The van der Waals surface area contributed by atoms with Crippen LogP contribution < -0.4 is 0 Å². The van der Waals surface area contributed by atoms with Gasteiger partial charge >= 0.3 is 11.9 Å². The van der Waals surface area contributed by atoms with Gasteiger partial charge in [0.05, 0.1) is 22.8 Å². The fourth-order valence-electron chi connectivity index (χ4n) is 6.22. The van der Waals surface area contributed by atoms with E-state index in [1.165, 1.54) is 11.1 Å². The molecule has 4 N–H and O–H groups in total. The summed E-state index contributed by atoms with van der Waals surface area (Å²) >= 11 is 0. The average molecular weight is 640 g/mol. The second kappa shape index (κ2) is 13.8. The van der Waals surface area contributed by atoms with Crippen molar-refractivity contribution in [1.29, 1.82) is 0 Å². The summed E-state index contributed by atoms with van der Waals surface area (Å²) in [5, 5.41) is 18.9. The molecular formula is C34H40Cl2N4O4. The summed E-state index contributed by atoms with van der Waals surface area (Å²) in [7, 11) is 0. The van der Waals surface area contributed by atoms with E-state index in [0.29, 0.717) is 12.8 Å². The van der Waals surface area contributed by atoms with Crippen LogP contribution in [-0.4, -0.2) is 42.1 Å². The Kier molecular flexibility index (Phi) is 10.9. The number of fused-ring (bicyclic) bond motifs is 8. The highest BCUT2D eigenvalue weighted by Crippen LogP contribution is 2.37. The summed E-state index contributed by atoms with van der Waals surface area (Å²) in [5.74, 6) is -1.71. The van der Waals surface area contributed by atoms with Crippen molar-refractivity contribution < 1.29 is 19.8 Å². The van der Waals surface area contributed by atoms with Crippen molar-refractivity contribution in [2.75, 3.05) is 0 Å². The van der Waals surface area contributed by atoms with E-state index in [4.69, 9.17) is 9.97 Å². The maximum absolute atomic E-state index is 11.5. The zero-order valence-corrected chi connectivity index (χ0v) is 27.6. The Labute approximate surface area is 269 Å². The second-order valence-corrected chi connectivity index (χ2v) is 11.2. The van der Waals surface area contributed by atoms with Gasteiger partial charge in [-0.05, 0) is 122 Å². The largest absolute Gasteiger partial charge is 0.481 e. The highest BCUT2D eigenvalue weighted by Gasteiger charge is 2.21. The van der Waals surface area contributed by atoms with Gasteiger partial charge in [0.1, 0.15) is 0 Å². The first-order valence-electron chi connectivity index (χ1n) is 14.6. The monoisotopic (exact) mass is 638 g/mol. The minimum absolute atomic E-state index is 0. The smallest absolute Gasteiger partial charge is 0.303 e. The number of allylic oxidation sites excluding steroid dienone is 4. The molecule has 0 spiro atoms. The Morgan fingerprint density at radius 2 is 1.00 bits per heavy atom. The molecule has 5 rings (SSSR count). The summed E-state index contributed by atoms with van der Waals surface area (Å²) < 4.78 is 0. The lowest BCUT2D eigenvalue weighted by Gasteiger charge is -2.01. The van der Waals surface area contributed by atoms with Crippen LogP contribution in [0.2, 0.25) is 0 Å². The zero-order valence-electron chi connectivity index (χ0n) is 26.0. The van der Waals surface area contributed by atoms with E-state index in [1.807, 2.05) is 26.0 Å². The predicted molar refractivity (Wildman–Crippen MR) is 182 cm³/mol. The Morgan fingerprint density at radius 3 is 1.41 bits per heavy atom. The first kappa shape index (κ1) is 34.6. The number of aryl methyl sites for hydroxylation is 4. The van der Waals surface area contributed by atoms with Crippen LogP contribution in [0.1, 0.15) is 98.4 Å². The molecule has 0 saturated carbocycles. The standard InChI is InChI=1S/C34H38N4O4.2ClH/c1-7-21-17(3)25-13-26-19(5)23(9-11-33(39)40)31(37-26)16-32-24(10-12-34(41)42)20(6)28(38-32)15-30-22(8-2)18(4)27(36-30)14-29(21)35-25;;/h13-16,37-38H,7-12H2,1-6H3,(H,39,40)(H,41,42);2*1H. The molecule has 0 saturated heterocycles. The third kappa shape index (κ3) is 6.47. The third-order valence-electron chi connectivity index (χ3n) is 8.69. The molecule has 0 unspecified atom stereocenters. The van der Waals surface area contributed by atoms with Crippen LogP contribution in [0.5, 0.6) is 0 Å². The van der Waals surface area contributed by atoms with Crippen molar-refractivity contribution in [3.05, 3.63) is 69.3 Å². The Bertz CT molecular complexity index is 1860. The molecular weight excluding hydrogens is 599 g/mol. The van der Waals surface area contributed by atoms with Gasteiger partial charge in [0.25, 0.3) is 0 Å². The minimum atomic E-state index is -0.857. The van der Waals surface area contributed by atoms with Crippen LogP contribution >= 0.6 is 24.8 Å². The zero-order chi connectivity index (χ0) is 30.3. The van der Waals surface area contributed by atoms with Crippen LogP contribution in [0.25, 0.3) is 44.4 Å². The lowest BCUT2D eigenvalue weighted by molar-refractivity contribution is -0.138. The Balaban J connectivity index is 0.00000264. The van der Waals surface area contributed by atoms with E-state index >= 15 is 0 Å². The van der Waals surface area contributed by atoms with Gasteiger partial charge < -0.3 is 20.2 Å². The van der Waals surface area contributed by atoms with Gasteiger partial charge in [0, 0.05) is 34.9 Å². The van der Waals surface area contributed by atoms with Crippen molar-refractivity contribution in [3.8, 4) is 0 Å². The van der Waals surface area contributed by atoms with Crippen molar-refractivity contribution in [1.82, 2.24) is 19.9 Å². The van der Waals surface area contributed by atoms with E-state index in [2.05, 4.69) is 49.8 Å². The average Bonchev–Trinajstić information content (AvgIpc) is 3.59. The van der Waals surface area contributed by atoms with Crippen molar-refractivity contribution in [2.45, 2.75) is 80.1 Å². The van der Waals surface area contributed by atoms with E-state index in [-0.39, 0.29) is 37.7 Å². The number of aromatic amines is 2. The van der Waals surface area contributed by atoms with E-state index in [9.17, 15) is 19.8 Å². The van der Waals surface area contributed by atoms with Gasteiger partial charge in [0.2, 0.25) is 0 Å². The summed E-state index contributed by atoms with van der Waals surface area (Å²) in [6.07, 6.45) is 2.41. The molecule has 3 aromatic rings. The molecule has 5 heterocycles. The maximum Gasteiger partial charge on any atom is 0.303 e. The molecule has 0 aliphatic carbocycles. The normalized spacial score (nSPS) is 12.7. The van der Waals surface area contributed by atoms with Crippen molar-refractivity contribution in [3.63, 3.8) is 0 Å². The van der Waals surface area contributed by atoms with Crippen LogP contribution in [0.3, 0.4) is 0 Å². The molecule has 3 aromatic heterocycles. The molecule has 0 aromatic carbocycles. The van der Waals surface area contributed by atoms with Gasteiger partial charge in [-0.2, -0.15) is 0 Å². The molecule has 8 bridgehead atoms. The van der Waals surface area contributed by atoms with Crippen LogP contribution in [-0.2, 0) is 22.4 Å². The number of carbonyl (C=O) groups is 2. The molecule has 10 heteroatoms. The number of rotatable bonds is 8. The van der Waals surface area contributed by atoms with Crippen molar-refractivity contribution >= 4 is 81.1 Å². The first-order valence-corrected chi connectivity index (χ1v) is 14.6. The number of H-pyrrole nitrogens is 2. The molecule has 0 fully saturated rings. The molecule has 2 aliphatic rings. The lowest BCUT2D eigenvalue weighted by atomic mass is 10.0. The van der Waals surface area contributed by atoms with Crippen LogP contribution in [0.15, 0.2) is 24.3 Å². The maximum atomic E-state index is 11.5. The van der Waals surface area contributed by atoms with Crippen molar-refractivity contribution in [2.24, 2.45) is 0 Å². The van der Waals surface area contributed by atoms with E-state index in [0.717, 1.165) is 91.1 Å². The van der Waals surface area contributed by atoms with E-state index < -0.39 is 11.9 Å². The highest BCUT2D eigenvalue weighted by molar-refractivity contribution is 5.95. The minimum Gasteiger partial charge on any atom is -0.481 e. The number of hydrogen-bond acceptors (Lipinski definition) is 4. The number of nitrogens with zero attached hydrogens (tertiary/aromatic N) is 2. The second-order valence-electron chi connectivity index (χ2n) is 11.2. The fraction of sp³-hybridized carbons (Fsp3) is 0.353. The molecule has 234 valence electrons. The summed E-state index contributed by atoms with van der Waals surface area (Å²) in [6.45, 7) is 12.5. The summed E-state index contributed by atoms with van der Waals surface area (Å²) in [4.78, 5) is 40.3. The van der Waals surface area contributed by atoms with Gasteiger partial charge in [-0.3, -0.25) is 9.59 Å². The Morgan fingerprint density at radius 1 is 0.614 bits per heavy atom. The van der Waals surface area contributed by atoms with Gasteiger partial charge in [0.15, 0.2) is 0 Å². The first-order chi connectivity index (χ1) is 20.0. The molecule has 8 nitrogen and oxygen atoms in total. The number of aromatic nitrogens is 4. The van der Waals surface area contributed by atoms with Gasteiger partial charge in [-0.25, -0.2) is 9.97 Å². The molecule has 0 atom stereocenters. The summed E-state index contributed by atoms with van der Waals surface area (Å²) in [5.41, 5.74) is 15.4. The summed E-state index contributed by atoms with van der Waals surface area (Å²) in [6, 6.07) is 8.19. The fourth-order valence-corrected chi connectivity index (χ4v) is 6.22. The molecule has 44 heavy (non-hydrogen) atoms. The lowest BCUT2D eigenvalue weighted by Crippen LogP contribution is -1.98. The highest BCUT2D eigenvalue weighted by atomic mass is 35.5. The third-order valence-corrected chi connectivity index (χ3v) is 8.69. The number of hydrogen-bond donors (Lipinski definition) is 4. The number of aliphatic carboxylic acids is 2. The molecule has 2 aliphatic heterocycles. The number of halogens is 2. The topological polar surface area (TPSA) is 132 Å². The Hall–Kier alpha value is -3.88. The van der Waals surface area contributed by atoms with Crippen LogP contribution in [0, 0.1) is 13.8 Å². The van der Waals surface area contributed by atoms with Gasteiger partial charge in [-0.15, -0.1) is 24.8 Å². The number of nitrogens with one attached hydrogen (secondary N) is 2. The predicted octanol–water partition coefficient (Wildman–Crippen LogP) is 8.49. The quantitative estimate of drug-likeness (QED) is 0.195. The van der Waals surface area contributed by atoms with Crippen LogP contribution in [0.4, 0.5) is 0 Å². The SMILES string of the molecule is CCC1=C(C)c2cc3[nH]c(cc4[nH]c(cc5nc(cc1n2)C(C)=C5CC)c(C)c4CCC(=O)O)c(CCC(=O)O)c3C.Cl.Cl.